The highest BCUT2D eigenvalue weighted by Gasteiger charge is 2.35. The average molecular weight is 396 g/mol. The van der Waals surface area contributed by atoms with Crippen LogP contribution in [0.1, 0.15) is 16.7 Å². The molecule has 0 aliphatic heterocycles. The lowest BCUT2D eigenvalue weighted by atomic mass is 10.1. The summed E-state index contributed by atoms with van der Waals surface area (Å²) in [5, 5.41) is 7.19. The Labute approximate surface area is 157 Å². The summed E-state index contributed by atoms with van der Waals surface area (Å²) in [5.74, 6) is 0.419. The molecule has 1 heterocycles. The van der Waals surface area contributed by atoms with E-state index in [2.05, 4.69) is 23.1 Å². The van der Waals surface area contributed by atoms with Gasteiger partial charge in [-0.3, -0.25) is 0 Å². The van der Waals surface area contributed by atoms with Crippen LogP contribution < -0.4 is 10.4 Å². The van der Waals surface area contributed by atoms with E-state index < -0.39 is 24.0 Å². The maximum atomic E-state index is 13.5. The van der Waals surface area contributed by atoms with Crippen molar-refractivity contribution in [2.45, 2.75) is 24.6 Å². The van der Waals surface area contributed by atoms with E-state index >= 15 is 0 Å². The zero-order chi connectivity index (χ0) is 19.8. The second-order valence-electron chi connectivity index (χ2n) is 5.84. The lowest BCUT2D eigenvalue weighted by molar-refractivity contribution is -0.138. The van der Waals surface area contributed by atoms with Gasteiger partial charge < -0.3 is 4.74 Å². The monoisotopic (exact) mass is 396 g/mol. The van der Waals surface area contributed by atoms with E-state index in [1.807, 2.05) is 0 Å². The fraction of sp³-hybridized carbons (Fsp3) is 0.235. The van der Waals surface area contributed by atoms with Gasteiger partial charge in [-0.1, -0.05) is 6.07 Å². The van der Waals surface area contributed by atoms with E-state index in [1.54, 1.807) is 25.1 Å². The van der Waals surface area contributed by atoms with Gasteiger partial charge in [-0.05, 0) is 53.2 Å². The Hall–Kier alpha value is -2.75. The molecule has 0 fully saturated rings. The van der Waals surface area contributed by atoms with Crippen LogP contribution in [0.4, 0.5) is 13.2 Å². The molecule has 27 heavy (non-hydrogen) atoms. The van der Waals surface area contributed by atoms with Crippen LogP contribution in [0.5, 0.6) is 5.75 Å². The minimum absolute atomic E-state index is 0.0357. The third kappa shape index (κ3) is 3.85. The number of thiol groups is 1. The molecular weight excluding hydrogens is 381 g/mol. The van der Waals surface area contributed by atoms with Crippen LogP contribution in [0.3, 0.4) is 0 Å². The molecule has 10 heteroatoms. The van der Waals surface area contributed by atoms with Crippen LogP contribution in [-0.2, 0) is 19.8 Å². The lowest BCUT2D eigenvalue weighted by Gasteiger charge is -2.17. The second kappa shape index (κ2) is 7.10. The summed E-state index contributed by atoms with van der Waals surface area (Å²) >= 11 is 4.21. The predicted octanol–water partition coefficient (Wildman–Crippen LogP) is 3.16. The number of alkyl halides is 3. The number of nitrogens with zero attached hydrogens (tertiary/aromatic N) is 4. The summed E-state index contributed by atoms with van der Waals surface area (Å²) in [4.78, 5) is 12.8. The molecule has 0 saturated carbocycles. The maximum Gasteiger partial charge on any atom is 0.416 e. The predicted molar refractivity (Wildman–Crippen MR) is 94.4 cm³/mol. The quantitative estimate of drug-likeness (QED) is 0.689. The molecule has 0 aliphatic carbocycles. The SMILES string of the molecule is Cc1cc(S)ccc1OCc1c(-n2nnn(C)c2=O)cccc1C(F)(F)F. The standard InChI is InChI=1S/C17H15F3N4O2S/c1-10-8-11(27)6-7-15(10)26-9-12-13(17(18,19)20)4-3-5-14(12)24-16(25)23(2)21-22-24/h3-8,27H,9H2,1-2H3. The molecule has 0 unspecified atom stereocenters. The van der Waals surface area contributed by atoms with Crippen molar-refractivity contribution in [3.05, 3.63) is 63.6 Å². The first-order valence-electron chi connectivity index (χ1n) is 7.79. The van der Waals surface area contributed by atoms with Gasteiger partial charge in [0.15, 0.2) is 0 Å². The Kier molecular flexibility index (Phi) is 5.01. The second-order valence-corrected chi connectivity index (χ2v) is 6.35. The van der Waals surface area contributed by atoms with Crippen LogP contribution >= 0.6 is 12.6 Å². The van der Waals surface area contributed by atoms with E-state index in [1.165, 1.54) is 19.2 Å². The highest BCUT2D eigenvalue weighted by atomic mass is 32.1. The van der Waals surface area contributed by atoms with Gasteiger partial charge in [0.05, 0.1) is 11.3 Å². The molecule has 0 N–H and O–H groups in total. The number of rotatable bonds is 4. The molecule has 2 aromatic carbocycles. The minimum Gasteiger partial charge on any atom is -0.489 e. The molecule has 0 bridgehead atoms. The summed E-state index contributed by atoms with van der Waals surface area (Å²) in [6.07, 6.45) is -4.62. The number of ether oxygens (including phenoxy) is 1. The van der Waals surface area contributed by atoms with Crippen LogP contribution in [-0.4, -0.2) is 19.8 Å². The third-order valence-corrected chi connectivity index (χ3v) is 4.22. The molecule has 0 atom stereocenters. The first-order chi connectivity index (χ1) is 12.7. The molecule has 3 rings (SSSR count). The highest BCUT2D eigenvalue weighted by molar-refractivity contribution is 7.80. The molecule has 6 nitrogen and oxygen atoms in total. The van der Waals surface area contributed by atoms with Crippen LogP contribution in [0.25, 0.3) is 5.69 Å². The molecule has 0 spiro atoms. The van der Waals surface area contributed by atoms with Gasteiger partial charge in [0, 0.05) is 17.5 Å². The van der Waals surface area contributed by atoms with Gasteiger partial charge in [-0.25, -0.2) is 4.79 Å². The van der Waals surface area contributed by atoms with Gasteiger partial charge in [0.2, 0.25) is 0 Å². The van der Waals surface area contributed by atoms with Gasteiger partial charge >= 0.3 is 11.9 Å². The van der Waals surface area contributed by atoms with E-state index in [0.717, 1.165) is 21.0 Å². The molecule has 0 radical (unpaired) electrons. The van der Waals surface area contributed by atoms with Gasteiger partial charge in [-0.2, -0.15) is 22.5 Å². The first-order valence-corrected chi connectivity index (χ1v) is 8.24. The number of tetrazole rings is 1. The number of hydrogen-bond acceptors (Lipinski definition) is 5. The van der Waals surface area contributed by atoms with E-state index in [9.17, 15) is 18.0 Å². The summed E-state index contributed by atoms with van der Waals surface area (Å²) < 4.78 is 47.9. The molecular formula is C17H15F3N4O2S. The topological polar surface area (TPSA) is 61.9 Å². The summed E-state index contributed by atoms with van der Waals surface area (Å²) in [7, 11) is 1.36. The van der Waals surface area contributed by atoms with Crippen LogP contribution in [0.15, 0.2) is 46.1 Å². The molecule has 0 amide bonds. The van der Waals surface area contributed by atoms with Crippen molar-refractivity contribution in [1.82, 2.24) is 19.8 Å². The molecule has 3 aromatic rings. The van der Waals surface area contributed by atoms with Crippen molar-refractivity contribution in [1.29, 1.82) is 0 Å². The Morgan fingerprint density at radius 3 is 2.52 bits per heavy atom. The number of aromatic nitrogens is 4. The molecule has 142 valence electrons. The van der Waals surface area contributed by atoms with Crippen molar-refractivity contribution >= 4 is 12.6 Å². The van der Waals surface area contributed by atoms with Gasteiger partial charge in [0.25, 0.3) is 0 Å². The van der Waals surface area contributed by atoms with Crippen LogP contribution in [0, 0.1) is 6.92 Å². The van der Waals surface area contributed by atoms with E-state index in [4.69, 9.17) is 4.74 Å². The normalized spacial score (nSPS) is 11.6. The van der Waals surface area contributed by atoms with E-state index in [-0.39, 0.29) is 11.3 Å². The fourth-order valence-corrected chi connectivity index (χ4v) is 2.87. The van der Waals surface area contributed by atoms with E-state index in [0.29, 0.717) is 10.6 Å². The summed E-state index contributed by atoms with van der Waals surface area (Å²) in [5.41, 5.74) is -1.08. The van der Waals surface area contributed by atoms with Crippen molar-refractivity contribution in [2.75, 3.05) is 0 Å². The Morgan fingerprint density at radius 1 is 1.19 bits per heavy atom. The number of halogens is 3. The smallest absolute Gasteiger partial charge is 0.416 e. The highest BCUT2D eigenvalue weighted by Crippen LogP contribution is 2.35. The average Bonchev–Trinajstić information content (AvgIpc) is 2.92. The Balaban J connectivity index is 2.08. The molecule has 1 aromatic heterocycles. The van der Waals surface area contributed by atoms with Crippen molar-refractivity contribution in [3.63, 3.8) is 0 Å². The summed E-state index contributed by atoms with van der Waals surface area (Å²) in [6.45, 7) is 1.36. The third-order valence-electron chi connectivity index (χ3n) is 3.94. The lowest BCUT2D eigenvalue weighted by Crippen LogP contribution is -2.24. The Bertz CT molecular complexity index is 1040. The first kappa shape index (κ1) is 19.0. The van der Waals surface area contributed by atoms with Crippen LogP contribution in [0.2, 0.25) is 0 Å². The van der Waals surface area contributed by atoms with Gasteiger partial charge in [0.1, 0.15) is 12.4 Å². The van der Waals surface area contributed by atoms with Crippen molar-refractivity contribution in [3.8, 4) is 11.4 Å². The summed E-state index contributed by atoms with van der Waals surface area (Å²) in [6, 6.07) is 8.56. The van der Waals surface area contributed by atoms with Crippen molar-refractivity contribution < 1.29 is 17.9 Å². The maximum absolute atomic E-state index is 13.5. The van der Waals surface area contributed by atoms with Crippen molar-refractivity contribution in [2.24, 2.45) is 7.05 Å². The number of aryl methyl sites for hydroxylation is 2. The molecule has 0 saturated heterocycles. The molecule has 0 aliphatic rings. The number of hydrogen-bond donors (Lipinski definition) is 1. The fourth-order valence-electron chi connectivity index (χ4n) is 2.60. The van der Waals surface area contributed by atoms with Gasteiger partial charge in [-0.15, -0.1) is 12.6 Å². The largest absolute Gasteiger partial charge is 0.489 e. The zero-order valence-electron chi connectivity index (χ0n) is 14.4. The minimum atomic E-state index is -4.62. The Morgan fingerprint density at radius 2 is 1.93 bits per heavy atom. The number of benzene rings is 2. The zero-order valence-corrected chi connectivity index (χ0v) is 15.3.